The maximum absolute atomic E-state index is 12.4. The average Bonchev–Trinajstić information content (AvgIpc) is 3.49. The van der Waals surface area contributed by atoms with Crippen molar-refractivity contribution >= 4 is 57.6 Å². The molecular weight excluding hydrogens is 534 g/mol. The standard InChI is InChI=1S/C34H30ClN3O3/c1-3-22(2)31-18-23(6-12-28(39)20-29-5-4-16-41-29)17-24(34(31)40)21-37-26-8-10-27(11-9-26)38-32-14-15-36-33-19-25(35)7-13-30(32)33/h4-19,21-22,40H,3,20H2,1-2H3,(H,36,38)/b12-6+,37-21?. The molecule has 41 heavy (non-hydrogen) atoms. The maximum atomic E-state index is 12.4. The van der Waals surface area contributed by atoms with Crippen molar-refractivity contribution in [1.82, 2.24) is 4.98 Å². The molecule has 1 unspecified atom stereocenters. The van der Waals surface area contributed by atoms with Crippen molar-refractivity contribution in [2.45, 2.75) is 32.6 Å². The second-order valence-corrected chi connectivity index (χ2v) is 10.3. The first kappa shape index (κ1) is 27.9. The molecule has 0 aliphatic carbocycles. The Balaban J connectivity index is 1.35. The van der Waals surface area contributed by atoms with Crippen molar-refractivity contribution in [2.75, 3.05) is 5.32 Å². The molecule has 0 spiro atoms. The van der Waals surface area contributed by atoms with E-state index in [4.69, 9.17) is 16.0 Å². The number of allylic oxidation sites excluding steroid dienone is 1. The molecule has 2 N–H and O–H groups in total. The van der Waals surface area contributed by atoms with Crippen LogP contribution < -0.4 is 5.32 Å². The molecule has 0 saturated carbocycles. The number of aromatic hydroxyl groups is 1. The number of fused-ring (bicyclic) bond motifs is 1. The van der Waals surface area contributed by atoms with Gasteiger partial charge in [-0.3, -0.25) is 14.8 Å². The third-order valence-electron chi connectivity index (χ3n) is 6.93. The SMILES string of the molecule is CCC(C)c1cc(/C=C/C(=O)Cc2ccco2)cc(C=Nc2ccc(Nc3ccnc4cc(Cl)ccc34)cc2)c1O. The number of carbonyl (C=O) groups is 1. The van der Waals surface area contributed by atoms with E-state index in [9.17, 15) is 9.90 Å². The summed E-state index contributed by atoms with van der Waals surface area (Å²) >= 11 is 6.11. The molecule has 0 radical (unpaired) electrons. The topological polar surface area (TPSA) is 87.7 Å². The number of carbonyl (C=O) groups excluding carboxylic acids is 1. The second kappa shape index (κ2) is 12.7. The maximum Gasteiger partial charge on any atom is 0.163 e. The smallest absolute Gasteiger partial charge is 0.163 e. The van der Waals surface area contributed by atoms with E-state index < -0.39 is 0 Å². The molecule has 0 bridgehead atoms. The van der Waals surface area contributed by atoms with E-state index in [1.54, 1.807) is 43.0 Å². The van der Waals surface area contributed by atoms with Gasteiger partial charge in [-0.05, 0) is 102 Å². The number of phenolic OH excluding ortho intramolecular Hbond substituents is 1. The lowest BCUT2D eigenvalue weighted by atomic mass is 9.93. The van der Waals surface area contributed by atoms with Crippen LogP contribution in [0.1, 0.15) is 48.6 Å². The summed E-state index contributed by atoms with van der Waals surface area (Å²) in [5.74, 6) is 0.898. The van der Waals surface area contributed by atoms with Crippen LogP contribution in [0, 0.1) is 0 Å². The molecule has 206 valence electrons. The number of anilines is 2. The van der Waals surface area contributed by atoms with Crippen molar-refractivity contribution in [2.24, 2.45) is 4.99 Å². The fourth-order valence-corrected chi connectivity index (χ4v) is 4.65. The summed E-state index contributed by atoms with van der Waals surface area (Å²) in [4.78, 5) is 21.4. The normalized spacial score (nSPS) is 12.4. The number of hydrogen-bond acceptors (Lipinski definition) is 6. The van der Waals surface area contributed by atoms with E-state index in [0.29, 0.717) is 16.3 Å². The summed E-state index contributed by atoms with van der Waals surface area (Å²) in [7, 11) is 0. The van der Waals surface area contributed by atoms with Gasteiger partial charge in [0, 0.05) is 39.8 Å². The lowest BCUT2D eigenvalue weighted by Gasteiger charge is -2.14. The van der Waals surface area contributed by atoms with Crippen molar-refractivity contribution in [3.05, 3.63) is 119 Å². The predicted molar refractivity (Wildman–Crippen MR) is 167 cm³/mol. The van der Waals surface area contributed by atoms with E-state index in [1.165, 1.54) is 0 Å². The number of halogens is 1. The number of ketones is 1. The third-order valence-corrected chi connectivity index (χ3v) is 7.16. The number of hydrogen-bond donors (Lipinski definition) is 2. The van der Waals surface area contributed by atoms with Crippen LogP contribution in [-0.4, -0.2) is 22.1 Å². The molecule has 0 aliphatic heterocycles. The summed E-state index contributed by atoms with van der Waals surface area (Å²) in [6, 6.07) is 22.6. The van der Waals surface area contributed by atoms with Gasteiger partial charge in [0.05, 0.1) is 23.9 Å². The van der Waals surface area contributed by atoms with Gasteiger partial charge >= 0.3 is 0 Å². The summed E-state index contributed by atoms with van der Waals surface area (Å²) in [6.45, 7) is 4.14. The highest BCUT2D eigenvalue weighted by Gasteiger charge is 2.14. The third kappa shape index (κ3) is 6.91. The number of furan rings is 1. The number of pyridine rings is 1. The number of aromatic nitrogens is 1. The summed E-state index contributed by atoms with van der Waals surface area (Å²) < 4.78 is 5.27. The van der Waals surface area contributed by atoms with Crippen molar-refractivity contribution in [1.29, 1.82) is 0 Å². The fourth-order valence-electron chi connectivity index (χ4n) is 4.49. The number of nitrogens with zero attached hydrogens (tertiary/aromatic N) is 2. The Hall–Kier alpha value is -4.68. The molecule has 3 aromatic carbocycles. The Morgan fingerprint density at radius 3 is 2.71 bits per heavy atom. The van der Waals surface area contributed by atoms with Crippen LogP contribution in [-0.2, 0) is 11.2 Å². The van der Waals surface area contributed by atoms with E-state index in [0.717, 1.165) is 45.5 Å². The Bertz CT molecular complexity index is 1730. The minimum Gasteiger partial charge on any atom is -0.507 e. The van der Waals surface area contributed by atoms with Crippen molar-refractivity contribution in [3.63, 3.8) is 0 Å². The highest BCUT2D eigenvalue weighted by atomic mass is 35.5. The van der Waals surface area contributed by atoms with Crippen LogP contribution in [0.4, 0.5) is 17.1 Å². The van der Waals surface area contributed by atoms with E-state index >= 15 is 0 Å². The van der Waals surface area contributed by atoms with Gasteiger partial charge in [-0.2, -0.15) is 0 Å². The van der Waals surface area contributed by atoms with Gasteiger partial charge in [-0.25, -0.2) is 0 Å². The van der Waals surface area contributed by atoms with Crippen LogP contribution in [0.2, 0.25) is 5.02 Å². The zero-order valence-corrected chi connectivity index (χ0v) is 23.6. The summed E-state index contributed by atoms with van der Waals surface area (Å²) in [5.41, 5.74) is 5.61. The number of nitrogens with one attached hydrogen (secondary N) is 1. The van der Waals surface area contributed by atoms with Gasteiger partial charge in [0.1, 0.15) is 11.5 Å². The van der Waals surface area contributed by atoms with Crippen molar-refractivity contribution < 1.29 is 14.3 Å². The van der Waals surface area contributed by atoms with Crippen molar-refractivity contribution in [3.8, 4) is 5.75 Å². The molecule has 2 aromatic heterocycles. The monoisotopic (exact) mass is 563 g/mol. The van der Waals surface area contributed by atoms with Gasteiger partial charge in [-0.15, -0.1) is 0 Å². The summed E-state index contributed by atoms with van der Waals surface area (Å²) in [6.07, 6.45) is 9.34. The Morgan fingerprint density at radius 2 is 1.95 bits per heavy atom. The molecule has 0 saturated heterocycles. The number of benzene rings is 3. The first-order chi connectivity index (χ1) is 19.9. The van der Waals surface area contributed by atoms with E-state index in [2.05, 4.69) is 29.1 Å². The highest BCUT2D eigenvalue weighted by Crippen LogP contribution is 2.33. The zero-order valence-electron chi connectivity index (χ0n) is 22.8. The Morgan fingerprint density at radius 1 is 1.12 bits per heavy atom. The van der Waals surface area contributed by atoms with Gasteiger partial charge in [-0.1, -0.05) is 31.5 Å². The largest absolute Gasteiger partial charge is 0.507 e. The Kier molecular flexibility index (Phi) is 8.61. The van der Waals surface area contributed by atoms with Crippen LogP contribution in [0.15, 0.2) is 101 Å². The zero-order chi connectivity index (χ0) is 28.8. The second-order valence-electron chi connectivity index (χ2n) is 9.86. The van der Waals surface area contributed by atoms with E-state index in [1.807, 2.05) is 60.7 Å². The lowest BCUT2D eigenvalue weighted by Crippen LogP contribution is -1.98. The lowest BCUT2D eigenvalue weighted by molar-refractivity contribution is -0.114. The molecule has 6 nitrogen and oxygen atoms in total. The molecule has 0 aliphatic rings. The van der Waals surface area contributed by atoms with Gasteiger partial charge < -0.3 is 14.8 Å². The molecule has 7 heteroatoms. The molecule has 0 fully saturated rings. The Labute approximate surface area is 244 Å². The molecular formula is C34H30ClN3O3. The van der Waals surface area contributed by atoms with Crippen LogP contribution in [0.5, 0.6) is 5.75 Å². The fraction of sp³-hybridized carbons (Fsp3) is 0.147. The van der Waals surface area contributed by atoms with Crippen LogP contribution in [0.25, 0.3) is 17.0 Å². The predicted octanol–water partition coefficient (Wildman–Crippen LogP) is 9.02. The summed E-state index contributed by atoms with van der Waals surface area (Å²) in [5, 5.41) is 16.1. The molecule has 1 atom stereocenters. The van der Waals surface area contributed by atoms with Crippen LogP contribution in [0.3, 0.4) is 0 Å². The first-order valence-electron chi connectivity index (χ1n) is 13.4. The highest BCUT2D eigenvalue weighted by molar-refractivity contribution is 6.31. The van der Waals surface area contributed by atoms with Gasteiger partial charge in [0.15, 0.2) is 5.78 Å². The van der Waals surface area contributed by atoms with E-state index in [-0.39, 0.29) is 23.9 Å². The molecule has 5 rings (SSSR count). The number of aliphatic imine (C=N–C) groups is 1. The molecule has 5 aromatic rings. The minimum atomic E-state index is -0.0643. The van der Waals surface area contributed by atoms with Gasteiger partial charge in [0.2, 0.25) is 0 Å². The minimum absolute atomic E-state index is 0.0643. The quantitative estimate of drug-likeness (QED) is 0.131. The van der Waals surface area contributed by atoms with Crippen LogP contribution >= 0.6 is 11.6 Å². The van der Waals surface area contributed by atoms with Gasteiger partial charge in [0.25, 0.3) is 0 Å². The average molecular weight is 564 g/mol. The number of phenols is 1. The number of rotatable bonds is 10. The molecule has 2 heterocycles. The molecule has 0 amide bonds. The first-order valence-corrected chi connectivity index (χ1v) is 13.8.